The van der Waals surface area contributed by atoms with Gasteiger partial charge in [0.1, 0.15) is 73.2 Å². The number of amides is 1. The SMILES string of the molecule is CCCCCCCCCCCCCCCCCCC/C=C/C(O)C(COC1OC(CO)C(OC2OC(CO)C(OC3OC(CO)C(O)C(O)C3O)C(O)C2O)C(O)C1O)NC(=O)CCCCCCCCCCCCCCCC. The smallest absolute Gasteiger partial charge is 0.220 e. The third kappa shape index (κ3) is 26.8. The van der Waals surface area contributed by atoms with Gasteiger partial charge in [0.05, 0.1) is 38.6 Å². The average molecular weight is 1120 g/mol. The van der Waals surface area contributed by atoms with E-state index in [-0.39, 0.29) is 18.9 Å². The minimum Gasteiger partial charge on any atom is -0.394 e. The van der Waals surface area contributed by atoms with Gasteiger partial charge in [-0.05, 0) is 19.3 Å². The molecular weight excluding hydrogens is 1010 g/mol. The largest absolute Gasteiger partial charge is 0.394 e. The number of hydrogen-bond donors (Lipinski definition) is 12. The lowest BCUT2D eigenvalue weighted by Gasteiger charge is -2.48. The van der Waals surface area contributed by atoms with Gasteiger partial charge < -0.3 is 89.9 Å². The van der Waals surface area contributed by atoms with E-state index < -0.39 is 124 Å². The van der Waals surface area contributed by atoms with Gasteiger partial charge in [-0.1, -0.05) is 212 Å². The number of nitrogens with one attached hydrogen (secondary N) is 1. The van der Waals surface area contributed by atoms with Crippen LogP contribution in [-0.4, -0.2) is 193 Å². The number of unbranched alkanes of at least 4 members (excludes halogenated alkanes) is 30. The summed E-state index contributed by atoms with van der Waals surface area (Å²) in [5.41, 5.74) is 0. The number of aliphatic hydroxyl groups excluding tert-OH is 11. The van der Waals surface area contributed by atoms with Gasteiger partial charge in [-0.2, -0.15) is 0 Å². The van der Waals surface area contributed by atoms with E-state index in [4.69, 9.17) is 28.4 Å². The van der Waals surface area contributed by atoms with Crippen molar-refractivity contribution in [1.29, 1.82) is 0 Å². The first-order valence-electron chi connectivity index (χ1n) is 30.9. The molecule has 0 aromatic rings. The molecule has 3 aliphatic heterocycles. The summed E-state index contributed by atoms with van der Waals surface area (Å²) < 4.78 is 34.3. The molecule has 19 heteroatoms. The van der Waals surface area contributed by atoms with E-state index in [0.29, 0.717) is 6.42 Å². The number of rotatable bonds is 46. The fourth-order valence-electron chi connectivity index (χ4n) is 10.7. The topological polar surface area (TPSA) is 307 Å². The number of allylic oxidation sites excluding steroid dienone is 1. The van der Waals surface area contributed by atoms with Crippen molar-refractivity contribution in [3.05, 3.63) is 12.2 Å². The molecule has 17 atom stereocenters. The molecule has 1 amide bonds. The van der Waals surface area contributed by atoms with Crippen molar-refractivity contribution in [3.63, 3.8) is 0 Å². The van der Waals surface area contributed by atoms with Gasteiger partial charge in [-0.25, -0.2) is 0 Å². The molecule has 12 N–H and O–H groups in total. The van der Waals surface area contributed by atoms with Gasteiger partial charge in [0.15, 0.2) is 18.9 Å². The fourth-order valence-corrected chi connectivity index (χ4v) is 10.7. The Labute approximate surface area is 467 Å². The maximum Gasteiger partial charge on any atom is 0.220 e. The predicted octanol–water partition coefficient (Wildman–Crippen LogP) is 5.77. The molecule has 3 saturated heterocycles. The van der Waals surface area contributed by atoms with Crippen LogP contribution in [0.5, 0.6) is 0 Å². The Balaban J connectivity index is 1.50. The standard InChI is InChI=1S/C59H111NO18/c1-3-5-7-9-11-13-15-17-19-20-21-22-23-24-26-28-30-32-34-36-43(64)42(60-47(65)37-35-33-31-29-27-25-18-16-14-12-10-8-6-4-2)41-73-57-53(71)50(68)55(45(39-62)75-57)78-59-54(72)51(69)56(46(40-63)76-59)77-58-52(70)49(67)48(66)44(38-61)74-58/h34,36,42-46,48-59,61-64,66-72H,3-33,35,37-41H2,1-2H3,(H,60,65)/b36-34+. The molecule has 3 aliphatic rings. The van der Waals surface area contributed by atoms with Crippen molar-refractivity contribution in [2.75, 3.05) is 26.4 Å². The Kier molecular flexibility index (Phi) is 39.2. The quantitative estimate of drug-likeness (QED) is 0.0254. The number of ether oxygens (including phenoxy) is 6. The summed E-state index contributed by atoms with van der Waals surface area (Å²) in [6.45, 7) is 1.74. The van der Waals surface area contributed by atoms with Crippen LogP contribution < -0.4 is 5.32 Å². The third-order valence-corrected chi connectivity index (χ3v) is 15.8. The van der Waals surface area contributed by atoms with Gasteiger partial charge in [0.2, 0.25) is 5.91 Å². The van der Waals surface area contributed by atoms with Crippen LogP contribution in [0.4, 0.5) is 0 Å². The molecule has 460 valence electrons. The minimum atomic E-state index is -1.97. The first kappa shape index (κ1) is 70.8. The molecule has 0 aromatic carbocycles. The van der Waals surface area contributed by atoms with E-state index in [2.05, 4.69) is 19.2 Å². The fraction of sp³-hybridized carbons (Fsp3) is 0.949. The van der Waals surface area contributed by atoms with Crippen LogP contribution in [0.1, 0.15) is 226 Å². The zero-order valence-corrected chi connectivity index (χ0v) is 47.9. The molecule has 0 bridgehead atoms. The molecule has 0 aliphatic carbocycles. The maximum atomic E-state index is 13.3. The lowest BCUT2D eigenvalue weighted by molar-refractivity contribution is -0.379. The summed E-state index contributed by atoms with van der Waals surface area (Å²) in [5, 5.41) is 120. The molecule has 0 aromatic heterocycles. The third-order valence-electron chi connectivity index (χ3n) is 15.8. The highest BCUT2D eigenvalue weighted by Crippen LogP contribution is 2.33. The first-order chi connectivity index (χ1) is 37.8. The van der Waals surface area contributed by atoms with E-state index in [1.54, 1.807) is 6.08 Å². The van der Waals surface area contributed by atoms with Crippen LogP contribution in [0.25, 0.3) is 0 Å². The number of hydrogen-bond acceptors (Lipinski definition) is 18. The summed E-state index contributed by atoms with van der Waals surface area (Å²) in [4.78, 5) is 13.3. The van der Waals surface area contributed by atoms with Crippen LogP contribution >= 0.6 is 0 Å². The first-order valence-corrected chi connectivity index (χ1v) is 30.9. The van der Waals surface area contributed by atoms with Crippen molar-refractivity contribution in [2.45, 2.75) is 330 Å². The Hall–Kier alpha value is -1.47. The summed E-state index contributed by atoms with van der Waals surface area (Å²) in [5.74, 6) is -0.273. The summed E-state index contributed by atoms with van der Waals surface area (Å²) >= 11 is 0. The Morgan fingerprint density at radius 3 is 1.21 bits per heavy atom. The highest BCUT2D eigenvalue weighted by atomic mass is 16.8. The molecular formula is C59H111NO18. The molecule has 3 fully saturated rings. The van der Waals surface area contributed by atoms with E-state index in [0.717, 1.165) is 44.9 Å². The average Bonchev–Trinajstić information content (AvgIpc) is 3.46. The maximum absolute atomic E-state index is 13.3. The van der Waals surface area contributed by atoms with Gasteiger partial charge in [0.25, 0.3) is 0 Å². The second-order valence-corrected chi connectivity index (χ2v) is 22.5. The lowest BCUT2D eigenvalue weighted by atomic mass is 9.96. The Bertz CT molecular complexity index is 1480. The van der Waals surface area contributed by atoms with Gasteiger partial charge in [-0.3, -0.25) is 4.79 Å². The lowest BCUT2D eigenvalue weighted by Crippen LogP contribution is -2.66. The summed E-state index contributed by atoms with van der Waals surface area (Å²) in [6.07, 6.45) is 16.2. The van der Waals surface area contributed by atoms with Crippen molar-refractivity contribution >= 4 is 5.91 Å². The normalized spacial score (nSPS) is 30.5. The molecule has 3 rings (SSSR count). The van der Waals surface area contributed by atoms with Crippen LogP contribution in [0.2, 0.25) is 0 Å². The second kappa shape index (κ2) is 43.2. The monoisotopic (exact) mass is 1120 g/mol. The summed E-state index contributed by atoms with van der Waals surface area (Å²) in [6, 6.07) is -0.966. The molecule has 0 saturated carbocycles. The summed E-state index contributed by atoms with van der Waals surface area (Å²) in [7, 11) is 0. The van der Waals surface area contributed by atoms with Crippen LogP contribution in [0.3, 0.4) is 0 Å². The molecule has 19 nitrogen and oxygen atoms in total. The van der Waals surface area contributed by atoms with Crippen LogP contribution in [0, 0.1) is 0 Å². The van der Waals surface area contributed by atoms with Gasteiger partial charge in [0, 0.05) is 6.42 Å². The predicted molar refractivity (Wildman–Crippen MR) is 296 cm³/mol. The Morgan fingerprint density at radius 2 is 0.795 bits per heavy atom. The van der Waals surface area contributed by atoms with E-state index >= 15 is 0 Å². The molecule has 0 radical (unpaired) electrons. The number of carbonyl (C=O) groups excluding carboxylic acids is 1. The van der Waals surface area contributed by atoms with Crippen molar-refractivity contribution in [1.82, 2.24) is 5.32 Å². The van der Waals surface area contributed by atoms with Gasteiger partial charge in [-0.15, -0.1) is 0 Å². The highest BCUT2D eigenvalue weighted by Gasteiger charge is 2.53. The van der Waals surface area contributed by atoms with Crippen LogP contribution in [0.15, 0.2) is 12.2 Å². The second-order valence-electron chi connectivity index (χ2n) is 22.5. The number of aliphatic hydroxyl groups is 11. The van der Waals surface area contributed by atoms with E-state index in [1.165, 1.54) is 154 Å². The Morgan fingerprint density at radius 1 is 0.449 bits per heavy atom. The van der Waals surface area contributed by atoms with Gasteiger partial charge >= 0.3 is 0 Å². The molecule has 17 unspecified atom stereocenters. The zero-order chi connectivity index (χ0) is 56.9. The van der Waals surface area contributed by atoms with E-state index in [9.17, 15) is 61.0 Å². The highest BCUT2D eigenvalue weighted by molar-refractivity contribution is 5.76. The minimum absolute atomic E-state index is 0.249. The van der Waals surface area contributed by atoms with E-state index in [1.807, 2.05) is 6.08 Å². The molecule has 0 spiro atoms. The molecule has 78 heavy (non-hydrogen) atoms. The molecule has 3 heterocycles. The number of carbonyl (C=O) groups is 1. The van der Waals surface area contributed by atoms with Crippen LogP contribution in [-0.2, 0) is 33.2 Å². The van der Waals surface area contributed by atoms with Crippen molar-refractivity contribution in [3.8, 4) is 0 Å². The van der Waals surface area contributed by atoms with Crippen molar-refractivity contribution < 1.29 is 89.4 Å². The zero-order valence-electron chi connectivity index (χ0n) is 47.9. The van der Waals surface area contributed by atoms with Crippen molar-refractivity contribution in [2.24, 2.45) is 0 Å².